The molecule has 2 saturated heterocycles. The molecular formula is C36H48N11O12PS. The molecule has 2 aliphatic heterocycles. The smallest absolute Gasteiger partial charge is 0.325 e. The van der Waals surface area contributed by atoms with Crippen molar-refractivity contribution in [2.75, 3.05) is 43.5 Å². The van der Waals surface area contributed by atoms with Gasteiger partial charge in [-0.2, -0.15) is 9.97 Å². The number of nitrogens with two attached hydrogens (primary N) is 1. The van der Waals surface area contributed by atoms with E-state index in [1.165, 1.54) is 40.2 Å². The lowest BCUT2D eigenvalue weighted by Gasteiger charge is -2.27. The van der Waals surface area contributed by atoms with Crippen molar-refractivity contribution in [3.05, 3.63) is 58.9 Å². The van der Waals surface area contributed by atoms with Crippen molar-refractivity contribution in [2.45, 2.75) is 95.0 Å². The van der Waals surface area contributed by atoms with E-state index in [-0.39, 0.29) is 46.3 Å². The largest absolute Gasteiger partial charge is 0.476 e. The van der Waals surface area contributed by atoms with Gasteiger partial charge < -0.3 is 54.7 Å². The average Bonchev–Trinajstić information content (AvgIpc) is 4.01. The van der Waals surface area contributed by atoms with Crippen molar-refractivity contribution in [1.82, 2.24) is 39.0 Å². The number of ether oxygens (including phenoxy) is 3. The Hall–Kier alpha value is -4.59. The highest BCUT2D eigenvalue weighted by molar-refractivity contribution is 8.07. The molecule has 1 aromatic carbocycles. The number of fused-ring (bicyclic) bond motifs is 2. The second-order valence-corrected chi connectivity index (χ2v) is 17.4. The number of nitro benzene ring substituents is 1. The van der Waals surface area contributed by atoms with Crippen LogP contribution in [0.3, 0.4) is 0 Å². The van der Waals surface area contributed by atoms with Crippen LogP contribution in [0.5, 0.6) is 5.88 Å². The van der Waals surface area contributed by atoms with Crippen LogP contribution in [-0.2, 0) is 36.7 Å². The Bertz CT molecular complexity index is 2330. The molecule has 5 aromatic rings. The highest BCUT2D eigenvalue weighted by atomic mass is 32.5. The number of rotatable bonds is 20. The highest BCUT2D eigenvalue weighted by Crippen LogP contribution is 2.50. The molecule has 2 fully saturated rings. The third-order valence-electron chi connectivity index (χ3n) is 10.4. The van der Waals surface area contributed by atoms with Crippen LogP contribution >= 0.6 is 6.72 Å². The van der Waals surface area contributed by atoms with Gasteiger partial charge in [-0.15, -0.1) is 0 Å². The minimum absolute atomic E-state index is 0.0194. The Morgan fingerprint density at radius 3 is 2.26 bits per heavy atom. The molecule has 23 nitrogen and oxygen atoms in total. The number of nitrogens with zero attached hydrogens (tertiary/aromatic N) is 10. The third-order valence-corrected chi connectivity index (χ3v) is 12.0. The lowest BCUT2D eigenvalue weighted by atomic mass is 10.1. The van der Waals surface area contributed by atoms with Gasteiger partial charge in [0, 0.05) is 31.6 Å². The van der Waals surface area contributed by atoms with Crippen molar-refractivity contribution in [3.63, 3.8) is 0 Å². The van der Waals surface area contributed by atoms with Gasteiger partial charge in [-0.1, -0.05) is 38.8 Å². The molecule has 4 aromatic heterocycles. The van der Waals surface area contributed by atoms with Gasteiger partial charge in [0.15, 0.2) is 35.1 Å². The number of hydrogen-bond acceptors (Lipinski definition) is 20. The molecule has 25 heteroatoms. The van der Waals surface area contributed by atoms with E-state index >= 15 is 0 Å². The lowest BCUT2D eigenvalue weighted by Crippen LogP contribution is -2.36. The minimum atomic E-state index is -4.27. The standard InChI is InChI=1S/C36H48N11O12PS/c1-3-5-12-44(13-6-4-2)36-42-32-25(33(43-36)55-14-11-20-7-9-21(10-8-20)47(52)53)41-19-46(32)34-28(51)26(49)23(58-34)16-56-60(54,61)59-29-27(50)22(15-48)57-35(29)45-18-40-24-30(37)38-17-39-31(24)45/h7-10,17-19,22-23,26-29,34-35,48-51H,3-6,11-16H2,1-2H3,(H,54,61)(H2,37,38,39)/t22-,23-,26-,27-,28-,29-,34-,35-,60?/m1/s1. The van der Waals surface area contributed by atoms with Crippen molar-refractivity contribution in [3.8, 4) is 5.88 Å². The van der Waals surface area contributed by atoms with E-state index < -0.39 is 73.9 Å². The Morgan fingerprint density at radius 1 is 0.918 bits per heavy atom. The number of unbranched alkanes of at least 4 members (excludes halogenated alkanes) is 2. The zero-order chi connectivity index (χ0) is 43.4. The number of aliphatic hydroxyl groups is 4. The summed E-state index contributed by atoms with van der Waals surface area (Å²) in [5.74, 6) is 0.629. The summed E-state index contributed by atoms with van der Waals surface area (Å²) in [7, 11) is 0. The molecule has 1 unspecified atom stereocenters. The van der Waals surface area contributed by atoms with Gasteiger partial charge in [-0.25, -0.2) is 19.9 Å². The van der Waals surface area contributed by atoms with E-state index in [2.05, 4.69) is 38.7 Å². The van der Waals surface area contributed by atoms with Crippen molar-refractivity contribution in [1.29, 1.82) is 0 Å². The summed E-state index contributed by atoms with van der Waals surface area (Å²) in [4.78, 5) is 50.4. The molecule has 61 heavy (non-hydrogen) atoms. The molecule has 0 bridgehead atoms. The van der Waals surface area contributed by atoms with Gasteiger partial charge in [0.2, 0.25) is 11.8 Å². The van der Waals surface area contributed by atoms with Gasteiger partial charge in [0.1, 0.15) is 48.5 Å². The van der Waals surface area contributed by atoms with Gasteiger partial charge >= 0.3 is 6.72 Å². The topological polar surface area (TPSA) is 307 Å². The summed E-state index contributed by atoms with van der Waals surface area (Å²) >= 11 is 5.32. The number of nitrogen functional groups attached to an aromatic ring is 1. The van der Waals surface area contributed by atoms with Crippen LogP contribution in [0.4, 0.5) is 17.5 Å². The molecule has 0 amide bonds. The summed E-state index contributed by atoms with van der Waals surface area (Å²) in [6, 6.07) is 6.17. The Morgan fingerprint density at radius 2 is 1.59 bits per heavy atom. The molecule has 330 valence electrons. The molecule has 0 aliphatic carbocycles. The van der Waals surface area contributed by atoms with Gasteiger partial charge in [-0.3, -0.25) is 23.8 Å². The molecule has 7 rings (SSSR count). The van der Waals surface area contributed by atoms with Crippen LogP contribution in [0.2, 0.25) is 0 Å². The molecule has 7 N–H and O–H groups in total. The Balaban J connectivity index is 1.09. The second kappa shape index (κ2) is 19.2. The van der Waals surface area contributed by atoms with Crippen LogP contribution in [-0.4, -0.2) is 139 Å². The summed E-state index contributed by atoms with van der Waals surface area (Å²) in [5, 5.41) is 54.6. The average molecular weight is 890 g/mol. The number of nitro groups is 1. The van der Waals surface area contributed by atoms with E-state index in [1.54, 1.807) is 12.1 Å². The molecule has 2 aliphatic rings. The van der Waals surface area contributed by atoms with Crippen LogP contribution in [0.25, 0.3) is 22.3 Å². The zero-order valence-electron chi connectivity index (χ0n) is 33.2. The van der Waals surface area contributed by atoms with E-state index in [4.69, 9.17) is 50.8 Å². The minimum Gasteiger partial charge on any atom is -0.476 e. The van der Waals surface area contributed by atoms with E-state index in [1.807, 2.05) is 0 Å². The number of anilines is 2. The molecule has 9 atom stereocenters. The predicted octanol–water partition coefficient (Wildman–Crippen LogP) is 1.67. The summed E-state index contributed by atoms with van der Waals surface area (Å²) < 4.78 is 32.4. The summed E-state index contributed by atoms with van der Waals surface area (Å²) in [6.45, 7) is 0.240. The Kier molecular flexibility index (Phi) is 14.0. The van der Waals surface area contributed by atoms with Crippen LogP contribution < -0.4 is 15.4 Å². The molecule has 0 saturated carbocycles. The van der Waals surface area contributed by atoms with Crippen molar-refractivity contribution in [2.24, 2.45) is 0 Å². The normalized spacial score (nSPS) is 25.0. The summed E-state index contributed by atoms with van der Waals surface area (Å²) in [5.41, 5.74) is 7.71. The fraction of sp³-hybridized carbons (Fsp3) is 0.556. The summed E-state index contributed by atoms with van der Waals surface area (Å²) in [6.07, 6.45) is -2.83. The number of benzene rings is 1. The first-order valence-electron chi connectivity index (χ1n) is 19.7. The van der Waals surface area contributed by atoms with Gasteiger partial charge in [-0.05, 0) is 30.2 Å². The number of aliphatic hydroxyl groups excluding tert-OH is 4. The number of hydrogen-bond donors (Lipinski definition) is 6. The van der Waals surface area contributed by atoms with Crippen LogP contribution in [0, 0.1) is 10.1 Å². The maximum absolute atomic E-state index is 11.3. The Labute approximate surface area is 353 Å². The maximum atomic E-state index is 11.3. The zero-order valence-corrected chi connectivity index (χ0v) is 34.9. The molecule has 0 spiro atoms. The van der Waals surface area contributed by atoms with Crippen LogP contribution in [0.15, 0.2) is 43.2 Å². The fourth-order valence-electron chi connectivity index (χ4n) is 7.08. The van der Waals surface area contributed by atoms with Crippen LogP contribution in [0.1, 0.15) is 57.6 Å². The predicted molar refractivity (Wildman–Crippen MR) is 220 cm³/mol. The van der Waals surface area contributed by atoms with Crippen molar-refractivity contribution >= 4 is 58.3 Å². The first-order chi connectivity index (χ1) is 29.3. The molecule has 0 radical (unpaired) electrons. The quantitative estimate of drug-likeness (QED) is 0.0368. The monoisotopic (exact) mass is 889 g/mol. The lowest BCUT2D eigenvalue weighted by molar-refractivity contribution is -0.384. The highest BCUT2D eigenvalue weighted by Gasteiger charge is 2.49. The third kappa shape index (κ3) is 9.59. The number of imidazole rings is 2. The van der Waals surface area contributed by atoms with E-state index in [0.717, 1.165) is 31.2 Å². The number of non-ortho nitro benzene ring substituents is 1. The maximum Gasteiger partial charge on any atom is 0.325 e. The molecular weight excluding hydrogens is 842 g/mol. The van der Waals surface area contributed by atoms with Gasteiger partial charge in [0.25, 0.3) is 5.69 Å². The first-order valence-corrected chi connectivity index (χ1v) is 22.3. The first kappa shape index (κ1) is 44.5. The fourth-order valence-corrected chi connectivity index (χ4v) is 8.49. The van der Waals surface area contributed by atoms with Crippen molar-refractivity contribution < 1.29 is 53.5 Å². The van der Waals surface area contributed by atoms with Gasteiger partial charge in [0.05, 0.1) is 37.4 Å². The van der Waals surface area contributed by atoms with E-state index in [9.17, 15) is 35.4 Å². The number of aromatic nitrogens is 8. The molecule has 6 heterocycles. The second-order valence-electron chi connectivity index (χ2n) is 14.6. The van der Waals surface area contributed by atoms with E-state index in [0.29, 0.717) is 25.5 Å². The SMILES string of the molecule is CCCCN(CCCC)c1nc(OCCc2ccc([N+](=O)[O-])cc2)c2ncn([C@@H]3O[C@H](COP(O)(=S)O[C@@H]4[C@H](O)[C@@H](CO)O[C@H]4n4cnc5c(N)ncnc54)[C@@H](O)[C@H]3O)c2n1.